The predicted octanol–water partition coefficient (Wildman–Crippen LogP) is 6.29. The summed E-state index contributed by atoms with van der Waals surface area (Å²) in [5.41, 5.74) is 1.86. The van der Waals surface area contributed by atoms with Gasteiger partial charge in [-0.05, 0) is 72.9 Å². The molecule has 1 N–H and O–H groups in total. The number of H-pyrrole nitrogens is 1. The number of carbonyl (C=O) groups excluding carboxylic acids is 4. The van der Waals surface area contributed by atoms with Crippen LogP contribution in [-0.2, 0) is 9.47 Å². The first kappa shape index (κ1) is 33.1. The number of ketones is 2. The molecule has 1 aromatic heterocycles. The molecule has 0 bridgehead atoms. The number of amides is 2. The van der Waals surface area contributed by atoms with Gasteiger partial charge in [-0.3, -0.25) is 24.0 Å². The van der Waals surface area contributed by atoms with Gasteiger partial charge >= 0.3 is 0 Å². The minimum absolute atomic E-state index is 0.127. The van der Waals surface area contributed by atoms with E-state index in [4.69, 9.17) is 20.8 Å². The number of anilines is 1. The summed E-state index contributed by atoms with van der Waals surface area (Å²) in [4.78, 5) is 81.3. The van der Waals surface area contributed by atoms with Crippen LogP contribution in [-0.4, -0.2) is 66.9 Å². The summed E-state index contributed by atoms with van der Waals surface area (Å²) in [5, 5.41) is 0.601. The lowest BCUT2D eigenvalue weighted by Crippen LogP contribution is -2.41. The number of aromatic nitrogens is 2. The van der Waals surface area contributed by atoms with Gasteiger partial charge in [0, 0.05) is 40.1 Å². The third-order valence-electron chi connectivity index (χ3n) is 10.2. The van der Waals surface area contributed by atoms with E-state index in [0.717, 1.165) is 36.1 Å². The Balaban J connectivity index is 1.17. The first-order valence-corrected chi connectivity index (χ1v) is 17.1. The number of hydrogen-bond donors (Lipinski definition) is 1. The minimum atomic E-state index is -1.45. The Hall–Kier alpha value is -6.03. The summed E-state index contributed by atoms with van der Waals surface area (Å²) in [6.45, 7) is 8.54. The fraction of sp³-hybridized carbons (Fsp3) is 0.275. The number of nitrogens with zero attached hydrogens (tertiary/aromatic N) is 3. The van der Waals surface area contributed by atoms with Crippen molar-refractivity contribution in [1.29, 1.82) is 0 Å². The average Bonchev–Trinajstić information content (AvgIpc) is 3.70. The van der Waals surface area contributed by atoms with E-state index in [1.165, 1.54) is 42.5 Å². The van der Waals surface area contributed by atoms with Crippen molar-refractivity contribution >= 4 is 56.4 Å². The largest absolute Gasteiger partial charge is 0.489 e. The van der Waals surface area contributed by atoms with Crippen LogP contribution in [0, 0.1) is 6.57 Å². The molecule has 1 saturated carbocycles. The smallest absolute Gasteiger partial charge is 0.266 e. The minimum Gasteiger partial charge on any atom is -0.489 e. The van der Waals surface area contributed by atoms with Gasteiger partial charge in [-0.1, -0.05) is 25.0 Å². The quantitative estimate of drug-likeness (QED) is 0.0770. The molecule has 8 rings (SSSR count). The molecule has 2 heterocycles. The molecule has 1 fully saturated rings. The van der Waals surface area contributed by atoms with Crippen LogP contribution < -0.4 is 15.2 Å². The molecule has 0 spiro atoms. The number of nitrogens with one attached hydrogen (secondary N) is 1. The van der Waals surface area contributed by atoms with Crippen molar-refractivity contribution < 1.29 is 33.4 Å². The molecular formula is C40H32N4O8. The number of Topliss-reactive ketones (excluding diaryl/α,β-unsaturated/α-hetero) is 2. The van der Waals surface area contributed by atoms with Gasteiger partial charge in [-0.25, -0.2) is 14.7 Å². The van der Waals surface area contributed by atoms with E-state index in [9.17, 15) is 24.0 Å². The number of hydrogen-bond acceptors (Lipinski definition) is 9. The number of imide groups is 1. The summed E-state index contributed by atoms with van der Waals surface area (Å²) in [5.74, 6) is -3.30. The molecule has 12 heteroatoms. The number of ether oxygens (including phenoxy) is 3. The molecule has 4 aromatic carbocycles. The molecule has 0 atom stereocenters. The highest BCUT2D eigenvalue weighted by atomic mass is 16.5. The molecule has 0 unspecified atom stereocenters. The Morgan fingerprint density at radius 1 is 0.808 bits per heavy atom. The number of fused-ring (bicyclic) bond motifs is 1. The Morgan fingerprint density at radius 2 is 1.46 bits per heavy atom. The van der Waals surface area contributed by atoms with E-state index in [1.54, 1.807) is 13.2 Å². The molecule has 2 amide bonds. The maximum atomic E-state index is 14.3. The van der Waals surface area contributed by atoms with Gasteiger partial charge in [-0.15, -0.1) is 0 Å². The molecular weight excluding hydrogens is 664 g/mol. The summed E-state index contributed by atoms with van der Waals surface area (Å²) in [6.07, 6.45) is 4.38. The average molecular weight is 697 g/mol. The summed E-state index contributed by atoms with van der Waals surface area (Å²) < 4.78 is 16.8. The van der Waals surface area contributed by atoms with Crippen molar-refractivity contribution in [1.82, 2.24) is 9.97 Å². The summed E-state index contributed by atoms with van der Waals surface area (Å²) in [7, 11) is 1.59. The highest BCUT2D eigenvalue weighted by Crippen LogP contribution is 2.44. The second-order valence-electron chi connectivity index (χ2n) is 13.1. The van der Waals surface area contributed by atoms with E-state index >= 15 is 0 Å². The van der Waals surface area contributed by atoms with Crippen molar-refractivity contribution in [3.8, 4) is 5.75 Å². The highest BCUT2D eigenvalue weighted by Gasteiger charge is 2.43. The Bertz CT molecular complexity index is 2390. The zero-order valence-corrected chi connectivity index (χ0v) is 28.2. The van der Waals surface area contributed by atoms with Crippen molar-refractivity contribution in [2.24, 2.45) is 0 Å². The van der Waals surface area contributed by atoms with Gasteiger partial charge in [0.1, 0.15) is 24.1 Å². The van der Waals surface area contributed by atoms with Crippen molar-refractivity contribution in [3.63, 3.8) is 0 Å². The lowest BCUT2D eigenvalue weighted by atomic mass is 9.76. The number of aromatic amines is 1. The standard InChI is InChI=1S/C40H32N4O8/c1-41-23-8-13-29-28(20-23)38(47)43-37(42-29)34-35(45)24-9-11-26-33-27(12-10-25(32(24)33)36(34)46)40(49)44(39(26)48)30-14-7-22(21-5-3-4-6-21)19-31(30)52-18-17-51-16-15-50-2/h7-14,19-21,34H,3-6,15-18H2,2H3,(H,42,43,47). The lowest BCUT2D eigenvalue weighted by Gasteiger charge is -2.31. The summed E-state index contributed by atoms with van der Waals surface area (Å²) in [6, 6.07) is 16.0. The topological polar surface area (TPSA) is 149 Å². The Morgan fingerprint density at radius 3 is 2.13 bits per heavy atom. The van der Waals surface area contributed by atoms with Crippen LogP contribution in [0.1, 0.15) is 90.3 Å². The van der Waals surface area contributed by atoms with Crippen LogP contribution in [0.3, 0.4) is 0 Å². The first-order chi connectivity index (χ1) is 25.3. The molecule has 260 valence electrons. The van der Waals surface area contributed by atoms with Crippen molar-refractivity contribution in [2.75, 3.05) is 38.4 Å². The fourth-order valence-corrected chi connectivity index (χ4v) is 7.64. The Labute approximate surface area is 297 Å². The van der Waals surface area contributed by atoms with E-state index in [1.807, 2.05) is 12.1 Å². The molecule has 0 saturated heterocycles. The van der Waals surface area contributed by atoms with Gasteiger partial charge in [0.2, 0.25) is 0 Å². The molecule has 1 aliphatic heterocycles. The normalized spacial score (nSPS) is 16.0. The monoisotopic (exact) mass is 696 g/mol. The number of methoxy groups -OCH3 is 1. The number of carbonyl (C=O) groups is 4. The van der Waals surface area contributed by atoms with Gasteiger partial charge in [0.25, 0.3) is 17.4 Å². The lowest BCUT2D eigenvalue weighted by molar-refractivity contribution is 0.0544. The second-order valence-corrected chi connectivity index (χ2v) is 13.1. The van der Waals surface area contributed by atoms with Gasteiger partial charge in [0.15, 0.2) is 17.3 Å². The van der Waals surface area contributed by atoms with Crippen LogP contribution in [0.5, 0.6) is 5.75 Å². The molecule has 12 nitrogen and oxygen atoms in total. The summed E-state index contributed by atoms with van der Waals surface area (Å²) >= 11 is 0. The van der Waals surface area contributed by atoms with Crippen LogP contribution in [0.2, 0.25) is 0 Å². The number of benzene rings is 4. The molecule has 2 aliphatic carbocycles. The van der Waals surface area contributed by atoms with Crippen LogP contribution in [0.25, 0.3) is 26.5 Å². The predicted molar refractivity (Wildman–Crippen MR) is 191 cm³/mol. The zero-order valence-electron chi connectivity index (χ0n) is 28.2. The maximum Gasteiger partial charge on any atom is 0.266 e. The van der Waals surface area contributed by atoms with E-state index in [2.05, 4.69) is 14.8 Å². The molecule has 5 aromatic rings. The highest BCUT2D eigenvalue weighted by molar-refractivity contribution is 6.40. The third-order valence-corrected chi connectivity index (χ3v) is 10.2. The SMILES string of the molecule is [C-]#[N+]c1ccc2nc(C3C(=O)c4ccc5c6c(ccc(c46)C3=O)C(=O)N(c3ccc(C4CCCC4)cc3OCCOCCOC)C5=O)[nH]c(=O)c2c1. The molecule has 0 radical (unpaired) electrons. The molecule has 3 aliphatic rings. The van der Waals surface area contributed by atoms with Gasteiger partial charge in [-0.2, -0.15) is 0 Å². The Kier molecular flexibility index (Phi) is 8.45. The third kappa shape index (κ3) is 5.37. The van der Waals surface area contributed by atoms with E-state index < -0.39 is 34.9 Å². The van der Waals surface area contributed by atoms with E-state index in [0.29, 0.717) is 24.9 Å². The molecule has 52 heavy (non-hydrogen) atoms. The zero-order chi connectivity index (χ0) is 36.1. The first-order valence-electron chi connectivity index (χ1n) is 17.1. The van der Waals surface area contributed by atoms with E-state index in [-0.39, 0.29) is 74.3 Å². The maximum absolute atomic E-state index is 14.3. The number of rotatable bonds is 10. The van der Waals surface area contributed by atoms with Crippen molar-refractivity contribution in [2.45, 2.75) is 37.5 Å². The van der Waals surface area contributed by atoms with Gasteiger partial charge < -0.3 is 19.2 Å². The fourth-order valence-electron chi connectivity index (χ4n) is 7.64. The van der Waals surface area contributed by atoms with Crippen LogP contribution in [0.4, 0.5) is 11.4 Å². The van der Waals surface area contributed by atoms with Gasteiger partial charge in [0.05, 0.1) is 43.0 Å². The van der Waals surface area contributed by atoms with Crippen LogP contribution >= 0.6 is 0 Å². The second kappa shape index (κ2) is 13.3. The van der Waals surface area contributed by atoms with Crippen molar-refractivity contribution in [3.05, 3.63) is 116 Å². The van der Waals surface area contributed by atoms with Crippen LogP contribution in [0.15, 0.2) is 65.5 Å².